The van der Waals surface area contributed by atoms with Gasteiger partial charge in [-0.05, 0) is 19.4 Å². The standard InChI is InChI=1S/C15H17F2N3OS/c1-3-13(11-5-4-10(16)6-12(11)17)20-15(21)18-7-14-9(2)19-8-22-14/h4-6,8,13H,3,7H2,1-2H3,(H2,18,20,21)/t13-/m1/s1. The van der Waals surface area contributed by atoms with E-state index in [4.69, 9.17) is 0 Å². The molecular weight excluding hydrogens is 308 g/mol. The summed E-state index contributed by atoms with van der Waals surface area (Å²) in [6.07, 6.45) is 0.496. The summed E-state index contributed by atoms with van der Waals surface area (Å²) in [6, 6.07) is 2.44. The molecule has 22 heavy (non-hydrogen) atoms. The third-order valence-electron chi connectivity index (χ3n) is 3.31. The Morgan fingerprint density at radius 3 is 2.77 bits per heavy atom. The number of aryl methyl sites for hydroxylation is 1. The molecule has 1 aromatic carbocycles. The smallest absolute Gasteiger partial charge is 0.315 e. The molecule has 2 aromatic rings. The van der Waals surface area contributed by atoms with E-state index in [1.165, 1.54) is 23.5 Å². The van der Waals surface area contributed by atoms with Crippen molar-refractivity contribution in [3.05, 3.63) is 51.5 Å². The minimum absolute atomic E-state index is 0.271. The Balaban J connectivity index is 1.97. The van der Waals surface area contributed by atoms with Crippen LogP contribution in [-0.4, -0.2) is 11.0 Å². The molecule has 2 N–H and O–H groups in total. The lowest BCUT2D eigenvalue weighted by atomic mass is 10.0. The predicted molar refractivity (Wildman–Crippen MR) is 81.6 cm³/mol. The zero-order valence-electron chi connectivity index (χ0n) is 12.3. The van der Waals surface area contributed by atoms with Crippen LogP contribution in [0.1, 0.15) is 35.5 Å². The van der Waals surface area contributed by atoms with Crippen molar-refractivity contribution >= 4 is 17.4 Å². The van der Waals surface area contributed by atoms with Gasteiger partial charge in [-0.1, -0.05) is 13.0 Å². The molecule has 7 heteroatoms. The maximum absolute atomic E-state index is 13.8. The van der Waals surface area contributed by atoms with Crippen molar-refractivity contribution in [3.63, 3.8) is 0 Å². The lowest BCUT2D eigenvalue weighted by Crippen LogP contribution is -2.37. The average molecular weight is 325 g/mol. The fourth-order valence-corrected chi connectivity index (χ4v) is 2.77. The highest BCUT2D eigenvalue weighted by atomic mass is 32.1. The van der Waals surface area contributed by atoms with E-state index in [1.54, 1.807) is 5.51 Å². The van der Waals surface area contributed by atoms with Gasteiger partial charge in [-0.15, -0.1) is 11.3 Å². The van der Waals surface area contributed by atoms with Crippen LogP contribution in [0.5, 0.6) is 0 Å². The zero-order valence-corrected chi connectivity index (χ0v) is 13.1. The third kappa shape index (κ3) is 4.00. The maximum atomic E-state index is 13.8. The van der Waals surface area contributed by atoms with Gasteiger partial charge in [0.1, 0.15) is 11.6 Å². The maximum Gasteiger partial charge on any atom is 0.315 e. The Bertz CT molecular complexity index is 660. The summed E-state index contributed by atoms with van der Waals surface area (Å²) in [4.78, 5) is 17.0. The fourth-order valence-electron chi connectivity index (χ4n) is 2.05. The second-order valence-electron chi connectivity index (χ2n) is 4.81. The minimum atomic E-state index is -0.662. The number of aromatic nitrogens is 1. The Morgan fingerprint density at radius 2 is 2.18 bits per heavy atom. The Labute approximate surface area is 131 Å². The number of halogens is 2. The average Bonchev–Trinajstić information content (AvgIpc) is 2.88. The van der Waals surface area contributed by atoms with Crippen LogP contribution in [0.3, 0.4) is 0 Å². The van der Waals surface area contributed by atoms with Gasteiger partial charge in [0, 0.05) is 16.5 Å². The van der Waals surface area contributed by atoms with E-state index in [0.717, 1.165) is 16.6 Å². The highest BCUT2D eigenvalue weighted by Crippen LogP contribution is 2.20. The van der Waals surface area contributed by atoms with Crippen LogP contribution in [0.4, 0.5) is 13.6 Å². The van der Waals surface area contributed by atoms with E-state index >= 15 is 0 Å². The number of nitrogens with zero attached hydrogens (tertiary/aromatic N) is 1. The zero-order chi connectivity index (χ0) is 16.1. The molecular formula is C15H17F2N3OS. The van der Waals surface area contributed by atoms with Gasteiger partial charge in [0.15, 0.2) is 0 Å². The van der Waals surface area contributed by atoms with Gasteiger partial charge in [-0.3, -0.25) is 0 Å². The highest BCUT2D eigenvalue weighted by molar-refractivity contribution is 7.09. The normalized spacial score (nSPS) is 12.0. The summed E-state index contributed by atoms with van der Waals surface area (Å²) in [5, 5.41) is 5.41. The number of nitrogens with one attached hydrogen (secondary N) is 2. The van der Waals surface area contributed by atoms with E-state index in [9.17, 15) is 13.6 Å². The van der Waals surface area contributed by atoms with Crippen molar-refractivity contribution in [1.29, 1.82) is 0 Å². The number of urea groups is 1. The van der Waals surface area contributed by atoms with E-state index in [-0.39, 0.29) is 5.56 Å². The molecule has 2 amide bonds. The molecule has 0 unspecified atom stereocenters. The monoisotopic (exact) mass is 325 g/mol. The molecule has 118 valence electrons. The molecule has 1 aromatic heterocycles. The van der Waals surface area contributed by atoms with Gasteiger partial charge in [0.05, 0.1) is 23.8 Å². The number of rotatable bonds is 5. The predicted octanol–water partition coefficient (Wildman–Crippen LogP) is 3.68. The van der Waals surface area contributed by atoms with Gasteiger partial charge in [0.2, 0.25) is 0 Å². The molecule has 1 atom stereocenters. The SMILES string of the molecule is CC[C@@H](NC(=O)NCc1scnc1C)c1ccc(F)cc1F. The van der Waals surface area contributed by atoms with E-state index < -0.39 is 23.7 Å². The molecule has 0 aliphatic rings. The minimum Gasteiger partial charge on any atom is -0.333 e. The highest BCUT2D eigenvalue weighted by Gasteiger charge is 2.17. The number of thiazole rings is 1. The van der Waals surface area contributed by atoms with Gasteiger partial charge in [0.25, 0.3) is 0 Å². The first-order chi connectivity index (χ1) is 10.5. The number of amides is 2. The quantitative estimate of drug-likeness (QED) is 0.881. The molecule has 0 spiro atoms. The summed E-state index contributed by atoms with van der Waals surface area (Å²) in [5.74, 6) is -1.30. The van der Waals surface area contributed by atoms with Crippen LogP contribution in [0.15, 0.2) is 23.7 Å². The van der Waals surface area contributed by atoms with Crippen LogP contribution in [-0.2, 0) is 6.54 Å². The van der Waals surface area contributed by atoms with Gasteiger partial charge >= 0.3 is 6.03 Å². The topological polar surface area (TPSA) is 54.0 Å². The fraction of sp³-hybridized carbons (Fsp3) is 0.333. The van der Waals surface area contributed by atoms with Crippen LogP contribution in [0.25, 0.3) is 0 Å². The largest absolute Gasteiger partial charge is 0.333 e. The van der Waals surface area contributed by atoms with Crippen molar-refractivity contribution in [3.8, 4) is 0 Å². The summed E-state index contributed by atoms with van der Waals surface area (Å²) in [7, 11) is 0. The lowest BCUT2D eigenvalue weighted by molar-refractivity contribution is 0.236. The number of hydrogen-bond donors (Lipinski definition) is 2. The third-order valence-corrected chi connectivity index (χ3v) is 4.24. The first kappa shape index (κ1) is 16.4. The van der Waals surface area contributed by atoms with Crippen molar-refractivity contribution in [2.75, 3.05) is 0 Å². The van der Waals surface area contributed by atoms with E-state index in [0.29, 0.717) is 13.0 Å². The summed E-state index contributed by atoms with van der Waals surface area (Å²) >= 11 is 1.46. The van der Waals surface area contributed by atoms with Gasteiger partial charge in [-0.2, -0.15) is 0 Å². The summed E-state index contributed by atoms with van der Waals surface area (Å²) < 4.78 is 26.7. The molecule has 4 nitrogen and oxygen atoms in total. The molecule has 0 saturated heterocycles. The van der Waals surface area contributed by atoms with Crippen LogP contribution < -0.4 is 10.6 Å². The molecule has 2 rings (SSSR count). The second-order valence-corrected chi connectivity index (χ2v) is 5.75. The molecule has 0 aliphatic heterocycles. The van der Waals surface area contributed by atoms with Crippen molar-refractivity contribution < 1.29 is 13.6 Å². The molecule has 0 fully saturated rings. The Kier molecular flexibility index (Phi) is 5.43. The molecule has 0 saturated carbocycles. The molecule has 0 radical (unpaired) electrons. The van der Waals surface area contributed by atoms with E-state index in [2.05, 4.69) is 15.6 Å². The van der Waals surface area contributed by atoms with Crippen molar-refractivity contribution in [1.82, 2.24) is 15.6 Å². The first-order valence-electron chi connectivity index (χ1n) is 6.89. The van der Waals surface area contributed by atoms with Crippen molar-refractivity contribution in [2.24, 2.45) is 0 Å². The number of benzene rings is 1. The van der Waals surface area contributed by atoms with Crippen molar-refractivity contribution in [2.45, 2.75) is 32.9 Å². The molecule has 1 heterocycles. The number of carbonyl (C=O) groups is 1. The Hall–Kier alpha value is -2.02. The summed E-state index contributed by atoms with van der Waals surface area (Å²) in [6.45, 7) is 4.06. The van der Waals surface area contributed by atoms with E-state index in [1.807, 2.05) is 13.8 Å². The van der Waals surface area contributed by atoms with Gasteiger partial charge < -0.3 is 10.6 Å². The first-order valence-corrected chi connectivity index (χ1v) is 7.77. The molecule has 0 aliphatic carbocycles. The Morgan fingerprint density at radius 1 is 1.41 bits per heavy atom. The lowest BCUT2D eigenvalue weighted by Gasteiger charge is -2.18. The van der Waals surface area contributed by atoms with Crippen LogP contribution in [0, 0.1) is 18.6 Å². The molecule has 0 bridgehead atoms. The summed E-state index contributed by atoms with van der Waals surface area (Å²) in [5.41, 5.74) is 2.86. The van der Waals surface area contributed by atoms with Crippen LogP contribution >= 0.6 is 11.3 Å². The number of carbonyl (C=O) groups excluding carboxylic acids is 1. The number of hydrogen-bond acceptors (Lipinski definition) is 3. The van der Waals surface area contributed by atoms with Gasteiger partial charge in [-0.25, -0.2) is 18.6 Å². The van der Waals surface area contributed by atoms with Crippen LogP contribution in [0.2, 0.25) is 0 Å². The second kappa shape index (κ2) is 7.31.